The molecule has 5 amide bonds. The molecule has 10 N–H and O–H groups in total. The van der Waals surface area contributed by atoms with Crippen LogP contribution in [0.3, 0.4) is 0 Å². The van der Waals surface area contributed by atoms with E-state index in [1.54, 1.807) is 53.9 Å². The normalized spacial score (nSPS) is 22.0. The lowest BCUT2D eigenvalue weighted by Crippen LogP contribution is -2.60. The summed E-state index contributed by atoms with van der Waals surface area (Å²) in [6.45, 7) is 0. The van der Waals surface area contributed by atoms with Crippen LogP contribution in [0.2, 0.25) is 0 Å². The van der Waals surface area contributed by atoms with Gasteiger partial charge in [-0.25, -0.2) is 4.79 Å². The van der Waals surface area contributed by atoms with Gasteiger partial charge in [-0.1, -0.05) is 91.0 Å². The molecule has 0 unspecified atom stereocenters. The Bertz CT molecular complexity index is 2310. The second-order valence-corrected chi connectivity index (χ2v) is 15.3. The second-order valence-electron chi connectivity index (χ2n) is 14.3. The van der Waals surface area contributed by atoms with Crippen LogP contribution in [0.1, 0.15) is 21.6 Å². The Labute approximate surface area is 349 Å². The zero-order chi connectivity index (χ0) is 42.8. The number of fused-ring (bicyclic) bond motifs is 18. The Morgan fingerprint density at radius 2 is 1.17 bits per heavy atom. The second kappa shape index (κ2) is 19.7. The molecule has 0 saturated heterocycles. The Balaban J connectivity index is 1.38. The number of aliphatic carboxylic acids is 1. The van der Waals surface area contributed by atoms with Crippen LogP contribution in [0.5, 0.6) is 0 Å². The summed E-state index contributed by atoms with van der Waals surface area (Å²) in [6, 6.07) is 27.2. The van der Waals surface area contributed by atoms with Crippen molar-refractivity contribution >= 4 is 58.2 Å². The third-order valence-electron chi connectivity index (χ3n) is 9.98. The molecule has 15 nitrogen and oxygen atoms in total. The van der Waals surface area contributed by atoms with Gasteiger partial charge in [0.15, 0.2) is 12.2 Å². The Morgan fingerprint density at radius 3 is 1.80 bits per heavy atom. The van der Waals surface area contributed by atoms with Gasteiger partial charge in [0.2, 0.25) is 17.7 Å². The third kappa shape index (κ3) is 11.2. The highest BCUT2D eigenvalue weighted by Gasteiger charge is 2.36. The first kappa shape index (κ1) is 42.7. The summed E-state index contributed by atoms with van der Waals surface area (Å²) in [5.74, 6) is -6.23. The van der Waals surface area contributed by atoms with E-state index >= 15 is 0 Å². The number of thiophene rings is 1. The molecule has 16 heteroatoms. The maximum atomic E-state index is 14.5. The summed E-state index contributed by atoms with van der Waals surface area (Å²) in [5.41, 5.74) is 10.1. The third-order valence-corrected chi connectivity index (χ3v) is 10.9. The van der Waals surface area contributed by atoms with E-state index in [0.717, 1.165) is 11.1 Å². The molecule has 0 radical (unpaired) electrons. The number of carboxylic acids is 1. The topological polar surface area (TPSA) is 249 Å². The first-order valence-electron chi connectivity index (χ1n) is 19.0. The van der Waals surface area contributed by atoms with E-state index in [1.165, 1.54) is 35.6 Å². The SMILES string of the molecule is Nc1ccccc1C[C@H]1NC(=O)[C@H](Cc2ccc(-c3ccccc3)cc2)NC(=O)[C@@H](Cc2cccs2)NC(=O)[C@H](O)[C@@H](O)C(=O)Nc2ccc(cc2)C[C@@H](C(=O)O)NC1=O. The first-order chi connectivity index (χ1) is 28.8. The molecule has 6 atom stereocenters. The minimum absolute atomic E-state index is 0.0917. The summed E-state index contributed by atoms with van der Waals surface area (Å²) >= 11 is 1.29. The summed E-state index contributed by atoms with van der Waals surface area (Å²) in [7, 11) is 0. The van der Waals surface area contributed by atoms with E-state index in [-0.39, 0.29) is 31.4 Å². The fraction of sp³-hybridized carbons (Fsp3) is 0.227. The van der Waals surface area contributed by atoms with Crippen LogP contribution in [-0.4, -0.2) is 87.2 Å². The van der Waals surface area contributed by atoms with Gasteiger partial charge in [0.05, 0.1) is 0 Å². The van der Waals surface area contributed by atoms with Crippen LogP contribution in [0.15, 0.2) is 121 Å². The van der Waals surface area contributed by atoms with E-state index < -0.39 is 71.9 Å². The predicted octanol–water partition coefficient (Wildman–Crippen LogP) is 1.97. The van der Waals surface area contributed by atoms with Crippen LogP contribution in [0.25, 0.3) is 11.1 Å². The van der Waals surface area contributed by atoms with Gasteiger partial charge < -0.3 is 47.6 Å². The number of para-hydroxylation sites is 1. The van der Waals surface area contributed by atoms with Gasteiger partial charge in [-0.05, 0) is 57.5 Å². The Kier molecular flexibility index (Phi) is 14.0. The number of carbonyl (C=O) groups excluding carboxylic acids is 5. The highest BCUT2D eigenvalue weighted by molar-refractivity contribution is 7.09. The highest BCUT2D eigenvalue weighted by atomic mass is 32.1. The molecule has 0 fully saturated rings. The van der Waals surface area contributed by atoms with Gasteiger partial charge in [-0.15, -0.1) is 11.3 Å². The van der Waals surface area contributed by atoms with E-state index in [9.17, 15) is 44.1 Å². The van der Waals surface area contributed by atoms with Gasteiger partial charge in [-0.3, -0.25) is 24.0 Å². The summed E-state index contributed by atoms with van der Waals surface area (Å²) < 4.78 is 0. The van der Waals surface area contributed by atoms with Crippen molar-refractivity contribution in [3.63, 3.8) is 0 Å². The van der Waals surface area contributed by atoms with Crippen molar-refractivity contribution < 1.29 is 44.1 Å². The van der Waals surface area contributed by atoms with Gasteiger partial charge >= 0.3 is 5.97 Å². The molecular weight excluding hydrogens is 789 g/mol. The van der Waals surface area contributed by atoms with Crippen molar-refractivity contribution in [2.45, 2.75) is 62.1 Å². The standard InChI is InChI=1S/C44H44N6O9S/c45-32-11-5-4-9-29(32)23-34-40(54)50-36(44(58)59)22-26-14-18-30(19-15-26)46-42(56)37(51)38(52)43(57)49-35(24-31-10-6-20-60-31)41(55)47-33(39(53)48-34)21-25-12-16-28(17-13-25)27-7-2-1-3-8-27/h1-20,33-38,51-52H,21-24,45H2,(H,46,56)(H,47,55)(H,48,53)(H,49,57)(H,50,54)(H,58,59)/t33-,34+,35+,36-,37+,38+/m0/s1. The number of nitrogens with one attached hydrogen (secondary N) is 5. The minimum atomic E-state index is -2.31. The van der Waals surface area contributed by atoms with Crippen LogP contribution >= 0.6 is 11.3 Å². The monoisotopic (exact) mass is 832 g/mol. The number of nitrogen functional groups attached to an aromatic ring is 1. The number of hydrogen-bond acceptors (Lipinski definition) is 10. The smallest absolute Gasteiger partial charge is 0.326 e. The molecular formula is C44H44N6O9S. The number of nitrogens with two attached hydrogens (primary N) is 1. The lowest BCUT2D eigenvalue weighted by molar-refractivity contribution is -0.145. The van der Waals surface area contributed by atoms with Crippen molar-refractivity contribution in [2.24, 2.45) is 0 Å². The van der Waals surface area contributed by atoms with Crippen LogP contribution < -0.4 is 32.3 Å². The number of carbonyl (C=O) groups is 6. The molecule has 4 aromatic carbocycles. The van der Waals surface area contributed by atoms with Crippen molar-refractivity contribution in [3.8, 4) is 11.1 Å². The van der Waals surface area contributed by atoms with E-state index in [4.69, 9.17) is 5.73 Å². The average Bonchev–Trinajstić information content (AvgIpc) is 3.77. The highest BCUT2D eigenvalue weighted by Crippen LogP contribution is 2.21. The molecule has 2 bridgehead atoms. The van der Waals surface area contributed by atoms with Crippen LogP contribution in [0.4, 0.5) is 11.4 Å². The fourth-order valence-electron chi connectivity index (χ4n) is 6.63. The molecule has 7 rings (SSSR count). The van der Waals surface area contributed by atoms with Crippen LogP contribution in [-0.2, 0) is 54.5 Å². The number of aliphatic hydroxyl groups is 2. The number of amides is 5. The molecule has 2 aliphatic heterocycles. The van der Waals surface area contributed by atoms with Crippen LogP contribution in [0, 0.1) is 0 Å². The van der Waals surface area contributed by atoms with Crippen molar-refractivity contribution in [2.75, 3.05) is 11.1 Å². The summed E-state index contributed by atoms with van der Waals surface area (Å²) in [6.07, 6.45) is -5.10. The number of rotatable bonds is 8. The van der Waals surface area contributed by atoms with Crippen molar-refractivity contribution in [1.29, 1.82) is 0 Å². The van der Waals surface area contributed by atoms with Crippen molar-refractivity contribution in [3.05, 3.63) is 142 Å². The predicted molar refractivity (Wildman–Crippen MR) is 224 cm³/mol. The molecule has 2 aliphatic rings. The lowest BCUT2D eigenvalue weighted by Gasteiger charge is -2.27. The maximum absolute atomic E-state index is 14.5. The number of benzene rings is 4. The largest absolute Gasteiger partial charge is 0.480 e. The minimum Gasteiger partial charge on any atom is -0.480 e. The quantitative estimate of drug-likeness (QED) is 0.0813. The van der Waals surface area contributed by atoms with E-state index in [1.807, 2.05) is 42.5 Å². The Morgan fingerprint density at radius 1 is 0.600 bits per heavy atom. The van der Waals surface area contributed by atoms with Gasteiger partial charge in [0.25, 0.3) is 11.8 Å². The molecule has 0 saturated carbocycles. The zero-order valence-electron chi connectivity index (χ0n) is 32.1. The summed E-state index contributed by atoms with van der Waals surface area (Å²) in [4.78, 5) is 82.2. The first-order valence-corrected chi connectivity index (χ1v) is 19.9. The van der Waals surface area contributed by atoms with Crippen molar-refractivity contribution in [1.82, 2.24) is 21.3 Å². The molecule has 60 heavy (non-hydrogen) atoms. The number of hydrogen-bond donors (Lipinski definition) is 9. The number of anilines is 2. The van der Waals surface area contributed by atoms with E-state index in [0.29, 0.717) is 27.3 Å². The lowest BCUT2D eigenvalue weighted by atomic mass is 9.98. The fourth-order valence-corrected chi connectivity index (χ4v) is 7.39. The zero-order valence-corrected chi connectivity index (χ0v) is 32.9. The molecule has 310 valence electrons. The maximum Gasteiger partial charge on any atom is 0.326 e. The molecule has 0 spiro atoms. The molecule has 3 heterocycles. The number of carboxylic acid groups (broad SMARTS) is 1. The molecule has 1 aromatic heterocycles. The van der Waals surface area contributed by atoms with Gasteiger partial charge in [0.1, 0.15) is 24.2 Å². The van der Waals surface area contributed by atoms with E-state index in [2.05, 4.69) is 26.6 Å². The van der Waals surface area contributed by atoms with Gasteiger partial charge in [-0.2, -0.15) is 0 Å². The summed E-state index contributed by atoms with van der Waals surface area (Å²) in [5, 5.41) is 46.2. The molecule has 0 aliphatic carbocycles. The number of aliphatic hydroxyl groups excluding tert-OH is 2. The average molecular weight is 833 g/mol. The molecule has 5 aromatic rings. The van der Waals surface area contributed by atoms with Gasteiger partial charge in [0, 0.05) is 41.9 Å². The Hall–Kier alpha value is -6.88.